The summed E-state index contributed by atoms with van der Waals surface area (Å²) in [4.78, 5) is 57.3. The van der Waals surface area contributed by atoms with Gasteiger partial charge in [-0.1, -0.05) is 24.3 Å². The van der Waals surface area contributed by atoms with E-state index >= 15 is 0 Å². The molecule has 0 spiro atoms. The summed E-state index contributed by atoms with van der Waals surface area (Å²) in [6.07, 6.45) is -0.694. The number of carbonyl (C=O) groups excluding carboxylic acids is 3. The molecule has 3 heterocycles. The first-order valence-corrected chi connectivity index (χ1v) is 19.2. The van der Waals surface area contributed by atoms with E-state index in [4.69, 9.17) is 20.4 Å². The van der Waals surface area contributed by atoms with E-state index < -0.39 is 35.8 Å². The van der Waals surface area contributed by atoms with Gasteiger partial charge in [0, 0.05) is 62.5 Å². The number of rotatable bonds is 11. The number of carboxylic acids is 1. The van der Waals surface area contributed by atoms with Gasteiger partial charge < -0.3 is 31.1 Å². The number of hydrogen-bond acceptors (Lipinski definition) is 11. The molecular weight excluding hydrogens is 773 g/mol. The minimum Gasteiger partial charge on any atom is -0.475 e. The fraction of sp³-hybridized carbons (Fsp3) is 0.450. The fourth-order valence-corrected chi connectivity index (χ4v) is 6.91. The van der Waals surface area contributed by atoms with Crippen molar-refractivity contribution in [2.24, 2.45) is 17.6 Å². The van der Waals surface area contributed by atoms with Crippen molar-refractivity contribution < 1.29 is 42.2 Å². The summed E-state index contributed by atoms with van der Waals surface area (Å²) in [7, 11) is 0. The van der Waals surface area contributed by atoms with E-state index in [1.165, 1.54) is 0 Å². The summed E-state index contributed by atoms with van der Waals surface area (Å²) in [5.74, 6) is -2.22. The van der Waals surface area contributed by atoms with Gasteiger partial charge in [-0.3, -0.25) is 14.5 Å². The molecule has 4 aromatic rings. The van der Waals surface area contributed by atoms with E-state index in [9.17, 15) is 27.6 Å². The van der Waals surface area contributed by atoms with Crippen LogP contribution in [0.1, 0.15) is 52.0 Å². The van der Waals surface area contributed by atoms with Crippen LogP contribution in [-0.4, -0.2) is 105 Å². The molecular formula is C40H49F3N10O6. The Hall–Kier alpha value is -6.11. The van der Waals surface area contributed by atoms with Gasteiger partial charge in [0.15, 0.2) is 0 Å². The quantitative estimate of drug-likeness (QED) is 0.139. The van der Waals surface area contributed by atoms with Crippen LogP contribution < -0.4 is 26.2 Å². The number of H-pyrrole nitrogens is 1. The number of ether oxygens (including phenoxy) is 1. The largest absolute Gasteiger partial charge is 0.490 e. The second-order valence-corrected chi connectivity index (χ2v) is 15.4. The zero-order chi connectivity index (χ0) is 42.7. The first-order chi connectivity index (χ1) is 28.0. The van der Waals surface area contributed by atoms with Gasteiger partial charge in [-0.2, -0.15) is 18.4 Å². The molecule has 2 aliphatic rings. The maximum Gasteiger partial charge on any atom is 0.490 e. The van der Waals surface area contributed by atoms with Crippen LogP contribution >= 0.6 is 0 Å². The highest BCUT2D eigenvalue weighted by molar-refractivity contribution is 6.01. The van der Waals surface area contributed by atoms with Crippen molar-refractivity contribution in [2.45, 2.75) is 70.7 Å². The van der Waals surface area contributed by atoms with Gasteiger partial charge >= 0.3 is 18.2 Å². The van der Waals surface area contributed by atoms with Crippen LogP contribution in [0.5, 0.6) is 0 Å². The maximum absolute atomic E-state index is 14.5. The van der Waals surface area contributed by atoms with Gasteiger partial charge in [-0.25, -0.2) is 14.6 Å². The van der Waals surface area contributed by atoms with Gasteiger partial charge in [-0.05, 0) is 111 Å². The minimum atomic E-state index is -5.08. The monoisotopic (exact) mass is 822 g/mol. The second-order valence-electron chi connectivity index (χ2n) is 15.4. The van der Waals surface area contributed by atoms with Crippen LogP contribution in [-0.2, 0) is 25.5 Å². The minimum absolute atomic E-state index is 0.150. The Bertz CT molecular complexity index is 2010. The number of nitrogens with zero attached hydrogens (tertiary/aromatic N) is 6. The fourth-order valence-electron chi connectivity index (χ4n) is 6.91. The van der Waals surface area contributed by atoms with Crippen LogP contribution in [0.2, 0.25) is 0 Å². The topological polar surface area (TPSA) is 222 Å². The summed E-state index contributed by atoms with van der Waals surface area (Å²) in [6.45, 7) is 9.64. The zero-order valence-electron chi connectivity index (χ0n) is 33.0. The lowest BCUT2D eigenvalue weighted by Gasteiger charge is -2.36. The first kappa shape index (κ1) is 44.0. The molecule has 6 N–H and O–H groups in total. The zero-order valence-corrected chi connectivity index (χ0v) is 33.0. The van der Waals surface area contributed by atoms with Crippen molar-refractivity contribution in [3.05, 3.63) is 72.4 Å². The molecule has 0 radical (unpaired) electrons. The molecule has 19 heteroatoms. The molecule has 1 saturated carbocycles. The number of nitrogens with two attached hydrogens (primary N) is 1. The number of aromatic nitrogens is 5. The highest BCUT2D eigenvalue weighted by Crippen LogP contribution is 2.33. The van der Waals surface area contributed by atoms with E-state index in [-0.39, 0.29) is 24.2 Å². The number of alkyl carbamates (subject to hydrolysis) is 1. The summed E-state index contributed by atoms with van der Waals surface area (Å²) in [5.41, 5.74) is 9.76. The molecule has 6 rings (SSSR count). The number of pyridine rings is 1. The lowest BCUT2D eigenvalue weighted by Crippen LogP contribution is -2.52. The number of halogens is 3. The number of aromatic amines is 1. The Balaban J connectivity index is 0.000000867. The maximum atomic E-state index is 14.5. The number of nitrogens with one attached hydrogen (secondary N) is 3. The Morgan fingerprint density at radius 2 is 1.58 bits per heavy atom. The molecule has 2 aromatic carbocycles. The third-order valence-electron chi connectivity index (χ3n) is 9.90. The van der Waals surface area contributed by atoms with Crippen LogP contribution in [0.3, 0.4) is 0 Å². The molecule has 316 valence electrons. The number of piperazine rings is 1. The average Bonchev–Trinajstić information content (AvgIpc) is 3.76. The van der Waals surface area contributed by atoms with Crippen LogP contribution in [0.15, 0.2) is 66.9 Å². The number of aliphatic carboxylic acids is 1. The third kappa shape index (κ3) is 12.7. The van der Waals surface area contributed by atoms with Crippen LogP contribution in [0.25, 0.3) is 22.5 Å². The van der Waals surface area contributed by atoms with E-state index in [0.717, 1.165) is 61.5 Å². The van der Waals surface area contributed by atoms with Gasteiger partial charge in [0.05, 0.1) is 0 Å². The molecule has 16 nitrogen and oxygen atoms in total. The molecule has 1 saturated heterocycles. The summed E-state index contributed by atoms with van der Waals surface area (Å²) in [6, 6.07) is 18.4. The molecule has 59 heavy (non-hydrogen) atoms. The van der Waals surface area contributed by atoms with Gasteiger partial charge in [-0.15, -0.1) is 10.2 Å². The molecule has 1 aliphatic heterocycles. The predicted molar refractivity (Wildman–Crippen MR) is 212 cm³/mol. The molecule has 1 aliphatic carbocycles. The molecule has 3 amide bonds. The smallest absolute Gasteiger partial charge is 0.475 e. The van der Waals surface area contributed by atoms with Gasteiger partial charge in [0.25, 0.3) is 0 Å². The number of hydrogen-bond donors (Lipinski definition) is 5. The van der Waals surface area contributed by atoms with Crippen molar-refractivity contribution in [1.82, 2.24) is 36.2 Å². The summed E-state index contributed by atoms with van der Waals surface area (Å²) >= 11 is 0. The normalized spacial score (nSPS) is 17.5. The number of primary amides is 1. The standard InChI is InChI=1S/C38H48N10O4.C2HF3O2/c1-38(2,3)52-37(51)42-24-26-6-10-29(11-7-26)36(50)48(31-14-12-28(13-15-31)35-43-45-46-44-35)32(34(39)49)22-25-4-8-27(9-5-25)30-16-17-41-33(23-30)47-20-18-40-19-21-47;3-2(4,5)1(6)7/h4-5,8-9,12-17,23,26,29,32,40H,6-7,10-11,18-22,24H2,1-3H3,(H2,39,49)(H,42,51)(H,43,44,45,46);(H,6,7)/t26-,29-,32-;/m0./s1. The van der Waals surface area contributed by atoms with Gasteiger partial charge in [0.2, 0.25) is 17.6 Å². The summed E-state index contributed by atoms with van der Waals surface area (Å²) in [5, 5.41) is 27.6. The van der Waals surface area contributed by atoms with Crippen molar-refractivity contribution in [3.8, 4) is 22.5 Å². The Kier molecular flexibility index (Phi) is 14.6. The van der Waals surface area contributed by atoms with Crippen molar-refractivity contribution in [1.29, 1.82) is 0 Å². The van der Waals surface area contributed by atoms with Crippen LogP contribution in [0.4, 0.5) is 29.5 Å². The first-order valence-electron chi connectivity index (χ1n) is 19.2. The number of tetrazole rings is 1. The molecule has 2 fully saturated rings. The number of anilines is 2. The lowest BCUT2D eigenvalue weighted by molar-refractivity contribution is -0.192. The number of benzene rings is 2. The lowest BCUT2D eigenvalue weighted by atomic mass is 9.81. The Morgan fingerprint density at radius 3 is 2.14 bits per heavy atom. The Morgan fingerprint density at radius 1 is 0.949 bits per heavy atom. The van der Waals surface area contributed by atoms with E-state index in [0.29, 0.717) is 36.5 Å². The number of carbonyl (C=O) groups is 4. The van der Waals surface area contributed by atoms with Crippen LogP contribution in [0, 0.1) is 11.8 Å². The number of alkyl halides is 3. The molecule has 0 bridgehead atoms. The second kappa shape index (κ2) is 19.6. The van der Waals surface area contributed by atoms with E-state index in [1.54, 1.807) is 29.2 Å². The van der Waals surface area contributed by atoms with Crippen molar-refractivity contribution >= 4 is 35.4 Å². The van der Waals surface area contributed by atoms with E-state index in [2.05, 4.69) is 47.2 Å². The summed E-state index contributed by atoms with van der Waals surface area (Å²) < 4.78 is 37.1. The van der Waals surface area contributed by atoms with E-state index in [1.807, 2.05) is 57.3 Å². The van der Waals surface area contributed by atoms with Crippen molar-refractivity contribution in [2.75, 3.05) is 42.5 Å². The number of amides is 3. The third-order valence-corrected chi connectivity index (χ3v) is 9.90. The average molecular weight is 823 g/mol. The number of carboxylic acid groups (broad SMARTS) is 1. The SMILES string of the molecule is CC(C)(C)OC(=O)NC[C@H]1CC[C@H](C(=O)N(c2ccc(-c3nn[nH]n3)cc2)[C@@H](Cc2ccc(-c3ccnc(N4CCNCC4)c3)cc2)C(N)=O)CC1.O=C(O)C(F)(F)F. The predicted octanol–water partition coefficient (Wildman–Crippen LogP) is 4.73. The van der Waals surface area contributed by atoms with Crippen molar-refractivity contribution in [3.63, 3.8) is 0 Å². The molecule has 1 atom stereocenters. The Labute approximate surface area is 339 Å². The van der Waals surface area contributed by atoms with Gasteiger partial charge in [0.1, 0.15) is 17.5 Å². The molecule has 0 unspecified atom stereocenters. The molecule has 2 aromatic heterocycles. The highest BCUT2D eigenvalue weighted by Gasteiger charge is 2.38. The highest BCUT2D eigenvalue weighted by atomic mass is 19.4.